The van der Waals surface area contributed by atoms with Crippen LogP contribution in [0, 0.1) is 0 Å². The van der Waals surface area contributed by atoms with Crippen molar-refractivity contribution in [2.75, 3.05) is 13.1 Å². The summed E-state index contributed by atoms with van der Waals surface area (Å²) in [4.78, 5) is 6.08. The van der Waals surface area contributed by atoms with Gasteiger partial charge >= 0.3 is 0 Å². The van der Waals surface area contributed by atoms with Crippen LogP contribution in [0.5, 0.6) is 0 Å². The Morgan fingerprint density at radius 2 is 1.79 bits per heavy atom. The van der Waals surface area contributed by atoms with Crippen LogP contribution in [-0.4, -0.2) is 50.0 Å². The van der Waals surface area contributed by atoms with Gasteiger partial charge in [-0.05, 0) is 17.7 Å². The Hall–Kier alpha value is -1.69. The molecular formula is C14H17N3O2. The van der Waals surface area contributed by atoms with Crippen LogP contribution in [0.25, 0.3) is 5.69 Å². The zero-order valence-corrected chi connectivity index (χ0v) is 10.6. The molecule has 2 N–H and O–H groups in total. The van der Waals surface area contributed by atoms with Crippen molar-refractivity contribution in [1.29, 1.82) is 0 Å². The van der Waals surface area contributed by atoms with Crippen molar-refractivity contribution in [2.45, 2.75) is 18.8 Å². The lowest BCUT2D eigenvalue weighted by atomic mass is 10.2. The van der Waals surface area contributed by atoms with Gasteiger partial charge in [-0.15, -0.1) is 0 Å². The Morgan fingerprint density at radius 1 is 1.11 bits per heavy atom. The fourth-order valence-corrected chi connectivity index (χ4v) is 2.42. The lowest BCUT2D eigenvalue weighted by Gasteiger charge is -2.15. The van der Waals surface area contributed by atoms with E-state index in [-0.39, 0.29) is 0 Å². The number of imidazole rings is 1. The molecule has 0 radical (unpaired) electrons. The summed E-state index contributed by atoms with van der Waals surface area (Å²) < 4.78 is 1.95. The van der Waals surface area contributed by atoms with Gasteiger partial charge in [-0.3, -0.25) is 4.90 Å². The van der Waals surface area contributed by atoms with Gasteiger partial charge in [0, 0.05) is 37.7 Å². The minimum absolute atomic E-state index is 0.532. The van der Waals surface area contributed by atoms with Crippen LogP contribution in [-0.2, 0) is 6.54 Å². The number of likely N-dealkylation sites (tertiary alicyclic amines) is 1. The average Bonchev–Trinajstić information content (AvgIpc) is 3.02. The number of β-amino-alcohol motifs (C(OH)–C–C–N with tert-alkyl or cyclic N) is 2. The Kier molecular flexibility index (Phi) is 3.33. The molecule has 1 aliphatic rings. The van der Waals surface area contributed by atoms with Gasteiger partial charge in [0.1, 0.15) is 0 Å². The molecule has 1 fully saturated rings. The molecule has 2 atom stereocenters. The zero-order chi connectivity index (χ0) is 13.2. The van der Waals surface area contributed by atoms with Crippen molar-refractivity contribution < 1.29 is 10.2 Å². The van der Waals surface area contributed by atoms with E-state index < -0.39 is 12.2 Å². The van der Waals surface area contributed by atoms with Gasteiger partial charge in [0.25, 0.3) is 0 Å². The molecule has 1 aromatic carbocycles. The Bertz CT molecular complexity index is 514. The van der Waals surface area contributed by atoms with Gasteiger partial charge in [0.15, 0.2) is 0 Å². The fraction of sp³-hybridized carbons (Fsp3) is 0.357. The first kappa shape index (κ1) is 12.3. The van der Waals surface area contributed by atoms with Crippen molar-refractivity contribution in [2.24, 2.45) is 0 Å². The second-order valence-corrected chi connectivity index (χ2v) is 4.97. The second-order valence-electron chi connectivity index (χ2n) is 4.97. The molecule has 19 heavy (non-hydrogen) atoms. The monoisotopic (exact) mass is 259 g/mol. The number of rotatable bonds is 3. The number of aliphatic hydroxyl groups excluding tert-OH is 2. The van der Waals surface area contributed by atoms with E-state index in [1.165, 1.54) is 5.56 Å². The summed E-state index contributed by atoms with van der Waals surface area (Å²) >= 11 is 0. The van der Waals surface area contributed by atoms with Crippen molar-refractivity contribution in [3.63, 3.8) is 0 Å². The summed E-state index contributed by atoms with van der Waals surface area (Å²) in [5.41, 5.74) is 2.24. The number of nitrogens with zero attached hydrogens (tertiary/aromatic N) is 3. The first-order valence-electron chi connectivity index (χ1n) is 6.38. The quantitative estimate of drug-likeness (QED) is 0.838. The topological polar surface area (TPSA) is 61.5 Å². The average molecular weight is 259 g/mol. The molecule has 2 aromatic rings. The Morgan fingerprint density at radius 3 is 2.37 bits per heavy atom. The van der Waals surface area contributed by atoms with Crippen molar-refractivity contribution in [1.82, 2.24) is 14.5 Å². The number of hydrogen-bond acceptors (Lipinski definition) is 4. The third-order valence-electron chi connectivity index (χ3n) is 3.48. The third kappa shape index (κ3) is 2.68. The number of benzene rings is 1. The Balaban J connectivity index is 1.67. The van der Waals surface area contributed by atoms with Crippen LogP contribution in [0.1, 0.15) is 5.56 Å². The van der Waals surface area contributed by atoms with Gasteiger partial charge in [-0.25, -0.2) is 4.98 Å². The second kappa shape index (κ2) is 5.13. The lowest BCUT2D eigenvalue weighted by molar-refractivity contribution is 0.0572. The highest BCUT2D eigenvalue weighted by atomic mass is 16.3. The summed E-state index contributed by atoms with van der Waals surface area (Å²) in [5, 5.41) is 19.0. The molecule has 100 valence electrons. The first-order chi connectivity index (χ1) is 9.22. The molecule has 0 saturated carbocycles. The fourth-order valence-electron chi connectivity index (χ4n) is 2.42. The minimum Gasteiger partial charge on any atom is -0.389 e. The van der Waals surface area contributed by atoms with Gasteiger partial charge in [0.05, 0.1) is 18.5 Å². The molecule has 0 amide bonds. The molecule has 1 saturated heterocycles. The molecule has 1 aliphatic heterocycles. The van der Waals surface area contributed by atoms with Crippen molar-refractivity contribution >= 4 is 0 Å². The van der Waals surface area contributed by atoms with Crippen LogP contribution in [0.2, 0.25) is 0 Å². The van der Waals surface area contributed by atoms with Crippen LogP contribution in [0.3, 0.4) is 0 Å². The van der Waals surface area contributed by atoms with Gasteiger partial charge in [-0.1, -0.05) is 12.1 Å². The highest BCUT2D eigenvalue weighted by Crippen LogP contribution is 2.15. The summed E-state index contributed by atoms with van der Waals surface area (Å²) in [6.07, 6.45) is 4.18. The maximum absolute atomic E-state index is 9.51. The van der Waals surface area contributed by atoms with E-state index in [0.717, 1.165) is 12.2 Å². The molecule has 3 rings (SSSR count). The van der Waals surface area contributed by atoms with E-state index >= 15 is 0 Å². The molecular weight excluding hydrogens is 242 g/mol. The van der Waals surface area contributed by atoms with E-state index in [0.29, 0.717) is 13.1 Å². The predicted octanol–water partition coefficient (Wildman–Crippen LogP) is 0.410. The van der Waals surface area contributed by atoms with E-state index in [1.54, 1.807) is 12.5 Å². The van der Waals surface area contributed by atoms with E-state index in [2.05, 4.69) is 22.0 Å². The van der Waals surface area contributed by atoms with Gasteiger partial charge < -0.3 is 14.8 Å². The van der Waals surface area contributed by atoms with Crippen LogP contribution >= 0.6 is 0 Å². The number of aromatic nitrogens is 2. The highest BCUT2D eigenvalue weighted by molar-refractivity contribution is 5.34. The molecule has 5 heteroatoms. The van der Waals surface area contributed by atoms with Gasteiger partial charge in [0.2, 0.25) is 0 Å². The van der Waals surface area contributed by atoms with E-state index in [9.17, 15) is 10.2 Å². The zero-order valence-electron chi connectivity index (χ0n) is 10.6. The SMILES string of the molecule is O[C@@H]1CN(Cc2ccc(-n3ccnc3)cc2)C[C@@H]1O. The van der Waals surface area contributed by atoms with Crippen LogP contribution < -0.4 is 0 Å². The number of aliphatic hydroxyl groups is 2. The van der Waals surface area contributed by atoms with Gasteiger partial charge in [-0.2, -0.15) is 0 Å². The molecule has 0 spiro atoms. The van der Waals surface area contributed by atoms with Crippen LogP contribution in [0.4, 0.5) is 0 Å². The van der Waals surface area contributed by atoms with Crippen molar-refractivity contribution in [3.8, 4) is 5.69 Å². The molecule has 0 unspecified atom stereocenters. The highest BCUT2D eigenvalue weighted by Gasteiger charge is 2.29. The Labute approximate surface area is 111 Å². The molecule has 5 nitrogen and oxygen atoms in total. The van der Waals surface area contributed by atoms with Crippen LogP contribution in [0.15, 0.2) is 43.0 Å². The normalized spacial score (nSPS) is 23.9. The summed E-state index contributed by atoms with van der Waals surface area (Å²) in [6.45, 7) is 1.81. The summed E-state index contributed by atoms with van der Waals surface area (Å²) in [6, 6.07) is 8.21. The molecule has 0 bridgehead atoms. The maximum atomic E-state index is 9.51. The third-order valence-corrected chi connectivity index (χ3v) is 3.48. The van der Waals surface area contributed by atoms with Crippen molar-refractivity contribution in [3.05, 3.63) is 48.5 Å². The number of hydrogen-bond donors (Lipinski definition) is 2. The largest absolute Gasteiger partial charge is 0.389 e. The van der Waals surface area contributed by atoms with E-state index in [4.69, 9.17) is 0 Å². The smallest absolute Gasteiger partial charge is 0.0991 e. The molecule has 0 aliphatic carbocycles. The predicted molar refractivity (Wildman–Crippen MR) is 70.9 cm³/mol. The standard InChI is InChI=1S/C14H17N3O2/c18-13-8-16(9-14(13)19)7-11-1-3-12(4-2-11)17-6-5-15-10-17/h1-6,10,13-14,18-19H,7-9H2/t13-,14+. The van der Waals surface area contributed by atoms with E-state index in [1.807, 2.05) is 22.9 Å². The summed E-state index contributed by atoms with van der Waals surface area (Å²) in [7, 11) is 0. The molecule has 1 aromatic heterocycles. The minimum atomic E-state index is -0.620. The maximum Gasteiger partial charge on any atom is 0.0991 e. The first-order valence-corrected chi connectivity index (χ1v) is 6.38. The molecule has 2 heterocycles. The lowest BCUT2D eigenvalue weighted by Crippen LogP contribution is -2.22. The summed E-state index contributed by atoms with van der Waals surface area (Å²) in [5.74, 6) is 0.